The highest BCUT2D eigenvalue weighted by molar-refractivity contribution is 6.30. The first-order valence-electron chi connectivity index (χ1n) is 7.68. The van der Waals surface area contributed by atoms with Gasteiger partial charge in [-0.05, 0) is 37.1 Å². The van der Waals surface area contributed by atoms with Crippen LogP contribution in [-0.4, -0.2) is 29.6 Å². The molecule has 1 atom stereocenters. The lowest BCUT2D eigenvalue weighted by Gasteiger charge is -2.30. The van der Waals surface area contributed by atoms with E-state index in [-0.39, 0.29) is 12.1 Å². The number of amides is 2. The Bertz CT molecular complexity index is 522. The van der Waals surface area contributed by atoms with Gasteiger partial charge in [0.25, 0.3) is 0 Å². The third-order valence-corrected chi connectivity index (χ3v) is 4.81. The maximum atomic E-state index is 12.8. The molecule has 1 saturated carbocycles. The van der Waals surface area contributed by atoms with Crippen LogP contribution in [0, 0.1) is 0 Å². The van der Waals surface area contributed by atoms with Crippen LogP contribution < -0.4 is 4.90 Å². The zero-order valence-electron chi connectivity index (χ0n) is 12.2. The van der Waals surface area contributed by atoms with Gasteiger partial charge in [0, 0.05) is 23.3 Å². The number of halogens is 1. The number of benzene rings is 1. The molecule has 2 amide bonds. The zero-order valence-corrected chi connectivity index (χ0v) is 12.9. The lowest BCUT2D eigenvalue weighted by molar-refractivity contribution is 0.181. The Morgan fingerprint density at radius 2 is 1.81 bits per heavy atom. The number of hydrogen-bond donors (Lipinski definition) is 0. The predicted octanol–water partition coefficient (Wildman–Crippen LogP) is 4.47. The quantitative estimate of drug-likeness (QED) is 0.756. The number of hydrogen-bond acceptors (Lipinski definition) is 1. The van der Waals surface area contributed by atoms with Crippen LogP contribution in [0.2, 0.25) is 5.02 Å². The first-order chi connectivity index (χ1) is 10.2. The Morgan fingerprint density at radius 1 is 1.14 bits per heavy atom. The van der Waals surface area contributed by atoms with Crippen molar-refractivity contribution >= 4 is 23.3 Å². The highest BCUT2D eigenvalue weighted by Crippen LogP contribution is 2.31. The molecule has 112 valence electrons. The fourth-order valence-electron chi connectivity index (χ4n) is 3.42. The Labute approximate surface area is 131 Å². The average molecular weight is 305 g/mol. The van der Waals surface area contributed by atoms with Crippen molar-refractivity contribution in [3.05, 3.63) is 41.9 Å². The van der Waals surface area contributed by atoms with Gasteiger partial charge in [-0.3, -0.25) is 4.90 Å². The Balaban J connectivity index is 1.84. The van der Waals surface area contributed by atoms with Crippen LogP contribution in [0.1, 0.15) is 32.1 Å². The molecule has 2 aliphatic rings. The van der Waals surface area contributed by atoms with E-state index in [1.165, 1.54) is 19.3 Å². The second kappa shape index (κ2) is 6.10. The van der Waals surface area contributed by atoms with E-state index in [0.29, 0.717) is 11.1 Å². The molecule has 3 rings (SSSR count). The Kier molecular flexibility index (Phi) is 4.20. The summed E-state index contributed by atoms with van der Waals surface area (Å²) < 4.78 is 0. The fourth-order valence-corrected chi connectivity index (χ4v) is 3.55. The average Bonchev–Trinajstić information content (AvgIpc) is 2.86. The largest absolute Gasteiger partial charge is 0.325 e. The monoisotopic (exact) mass is 304 g/mol. The molecule has 1 aromatic carbocycles. The van der Waals surface area contributed by atoms with Gasteiger partial charge >= 0.3 is 6.03 Å². The SMILES string of the molecule is C=CC1CN(C2CCCCC2)C(=O)N1c1ccc(Cl)cc1. The minimum atomic E-state index is 0.0422. The molecule has 0 bridgehead atoms. The molecule has 3 nitrogen and oxygen atoms in total. The van der Waals surface area contributed by atoms with Crippen molar-refractivity contribution in [1.82, 2.24) is 4.90 Å². The number of rotatable bonds is 3. The molecule has 1 aliphatic heterocycles. The van der Waals surface area contributed by atoms with Crippen molar-refractivity contribution in [2.24, 2.45) is 0 Å². The second-order valence-electron chi connectivity index (χ2n) is 5.88. The molecular formula is C17H21ClN2O. The van der Waals surface area contributed by atoms with Gasteiger partial charge in [-0.2, -0.15) is 0 Å². The Morgan fingerprint density at radius 3 is 2.43 bits per heavy atom. The van der Waals surface area contributed by atoms with Crippen LogP contribution in [0.3, 0.4) is 0 Å². The van der Waals surface area contributed by atoms with E-state index in [1.54, 1.807) is 0 Å². The summed E-state index contributed by atoms with van der Waals surface area (Å²) in [5.74, 6) is 0. The highest BCUT2D eigenvalue weighted by Gasteiger charge is 2.40. The molecule has 4 heteroatoms. The van der Waals surface area contributed by atoms with Crippen LogP contribution in [0.4, 0.5) is 10.5 Å². The second-order valence-corrected chi connectivity index (χ2v) is 6.31. The fraction of sp³-hybridized carbons (Fsp3) is 0.471. The lowest BCUT2D eigenvalue weighted by Crippen LogP contribution is -2.40. The summed E-state index contributed by atoms with van der Waals surface area (Å²) in [5, 5.41) is 0.685. The van der Waals surface area contributed by atoms with Gasteiger partial charge in [0.2, 0.25) is 0 Å². The van der Waals surface area contributed by atoms with Gasteiger partial charge in [-0.25, -0.2) is 4.79 Å². The minimum absolute atomic E-state index is 0.0422. The van der Waals surface area contributed by atoms with Crippen molar-refractivity contribution in [2.45, 2.75) is 44.2 Å². The summed E-state index contributed by atoms with van der Waals surface area (Å²) >= 11 is 5.94. The first-order valence-corrected chi connectivity index (χ1v) is 8.06. The third-order valence-electron chi connectivity index (χ3n) is 4.56. The van der Waals surface area contributed by atoms with Gasteiger partial charge in [0.1, 0.15) is 0 Å². The Hall–Kier alpha value is -1.48. The minimum Gasteiger partial charge on any atom is -0.319 e. The molecule has 1 heterocycles. The normalized spacial score (nSPS) is 23.7. The lowest BCUT2D eigenvalue weighted by atomic mass is 9.94. The summed E-state index contributed by atoms with van der Waals surface area (Å²) in [7, 11) is 0. The molecule has 0 radical (unpaired) electrons. The van der Waals surface area contributed by atoms with E-state index in [4.69, 9.17) is 11.6 Å². The highest BCUT2D eigenvalue weighted by atomic mass is 35.5. The number of nitrogens with zero attached hydrogens (tertiary/aromatic N) is 2. The summed E-state index contributed by atoms with van der Waals surface area (Å²) in [5.41, 5.74) is 0.896. The maximum absolute atomic E-state index is 12.8. The van der Waals surface area contributed by atoms with Crippen molar-refractivity contribution in [1.29, 1.82) is 0 Å². The van der Waals surface area contributed by atoms with E-state index in [0.717, 1.165) is 25.1 Å². The topological polar surface area (TPSA) is 23.6 Å². The number of carbonyl (C=O) groups excluding carboxylic acids is 1. The van der Waals surface area contributed by atoms with Crippen molar-refractivity contribution in [3.8, 4) is 0 Å². The van der Waals surface area contributed by atoms with Crippen LogP contribution in [0.15, 0.2) is 36.9 Å². The van der Waals surface area contributed by atoms with Crippen molar-refractivity contribution in [2.75, 3.05) is 11.4 Å². The molecular weight excluding hydrogens is 284 g/mol. The molecule has 1 aliphatic carbocycles. The van der Waals surface area contributed by atoms with Gasteiger partial charge in [0.05, 0.1) is 6.04 Å². The molecule has 2 fully saturated rings. The van der Waals surface area contributed by atoms with Crippen LogP contribution >= 0.6 is 11.6 Å². The first kappa shape index (κ1) is 14.5. The standard InChI is InChI=1S/C17H21ClN2O/c1-2-14-12-19(15-6-4-3-5-7-15)17(21)20(14)16-10-8-13(18)9-11-16/h2,8-11,14-15H,1,3-7,12H2. The van der Waals surface area contributed by atoms with E-state index in [2.05, 4.69) is 6.58 Å². The molecule has 1 saturated heterocycles. The molecule has 0 aromatic heterocycles. The number of anilines is 1. The van der Waals surface area contributed by atoms with E-state index in [9.17, 15) is 4.79 Å². The number of urea groups is 1. The smallest absolute Gasteiger partial charge is 0.319 e. The molecule has 1 aromatic rings. The molecule has 1 unspecified atom stereocenters. The van der Waals surface area contributed by atoms with Gasteiger partial charge in [-0.15, -0.1) is 6.58 Å². The van der Waals surface area contributed by atoms with E-state index < -0.39 is 0 Å². The van der Waals surface area contributed by atoms with E-state index >= 15 is 0 Å². The summed E-state index contributed by atoms with van der Waals surface area (Å²) in [4.78, 5) is 16.7. The number of carbonyl (C=O) groups is 1. The van der Waals surface area contributed by atoms with Crippen LogP contribution in [0.5, 0.6) is 0 Å². The molecule has 21 heavy (non-hydrogen) atoms. The zero-order chi connectivity index (χ0) is 14.8. The van der Waals surface area contributed by atoms with Crippen LogP contribution in [-0.2, 0) is 0 Å². The summed E-state index contributed by atoms with van der Waals surface area (Å²) in [6.07, 6.45) is 7.88. The van der Waals surface area contributed by atoms with Gasteiger partial charge < -0.3 is 4.90 Å². The molecule has 0 N–H and O–H groups in total. The maximum Gasteiger partial charge on any atom is 0.325 e. The van der Waals surface area contributed by atoms with E-state index in [1.807, 2.05) is 40.1 Å². The van der Waals surface area contributed by atoms with Gasteiger partial charge in [-0.1, -0.05) is 36.9 Å². The summed E-state index contributed by atoms with van der Waals surface area (Å²) in [6, 6.07) is 8.00. The van der Waals surface area contributed by atoms with Crippen molar-refractivity contribution in [3.63, 3.8) is 0 Å². The summed E-state index contributed by atoms with van der Waals surface area (Å²) in [6.45, 7) is 4.65. The third kappa shape index (κ3) is 2.80. The van der Waals surface area contributed by atoms with Gasteiger partial charge in [0.15, 0.2) is 0 Å². The van der Waals surface area contributed by atoms with Crippen LogP contribution in [0.25, 0.3) is 0 Å². The predicted molar refractivity (Wildman–Crippen MR) is 86.9 cm³/mol. The van der Waals surface area contributed by atoms with Crippen molar-refractivity contribution < 1.29 is 4.79 Å². The molecule has 0 spiro atoms.